The molecule has 1 aromatic carbocycles. The predicted molar refractivity (Wildman–Crippen MR) is 111 cm³/mol. The number of amides is 1. The zero-order valence-corrected chi connectivity index (χ0v) is 17.8. The van der Waals surface area contributed by atoms with E-state index >= 15 is 0 Å². The average molecular weight is 446 g/mol. The number of hydrogen-bond acceptors (Lipinski definition) is 6. The van der Waals surface area contributed by atoms with E-state index in [2.05, 4.69) is 15.4 Å². The third-order valence-corrected chi connectivity index (χ3v) is 6.37. The van der Waals surface area contributed by atoms with Crippen molar-refractivity contribution in [2.75, 3.05) is 13.1 Å². The third-order valence-electron chi connectivity index (χ3n) is 5.82. The van der Waals surface area contributed by atoms with Gasteiger partial charge in [-0.3, -0.25) is 4.79 Å². The van der Waals surface area contributed by atoms with Crippen LogP contribution in [0, 0.1) is 19.7 Å². The number of fused-ring (bicyclic) bond motifs is 3. The number of nitrogens with zero attached hydrogens (tertiary/aromatic N) is 4. The number of halogens is 2. The molecule has 2 aliphatic rings. The van der Waals surface area contributed by atoms with Crippen LogP contribution < -0.4 is 10.1 Å². The molecular formula is C21H21ClFN5O3. The number of aromatic nitrogens is 3. The number of hydrogen-bond donors (Lipinski definition) is 2. The summed E-state index contributed by atoms with van der Waals surface area (Å²) in [6, 6.07) is 3.82. The highest BCUT2D eigenvalue weighted by Gasteiger charge is 2.33. The van der Waals surface area contributed by atoms with E-state index in [1.807, 2.05) is 13.8 Å². The van der Waals surface area contributed by atoms with Gasteiger partial charge in [-0.2, -0.15) is 5.10 Å². The highest BCUT2D eigenvalue weighted by atomic mass is 35.5. The minimum atomic E-state index is -0.722. The van der Waals surface area contributed by atoms with Crippen LogP contribution in [0.5, 0.6) is 5.75 Å². The van der Waals surface area contributed by atoms with E-state index in [1.54, 1.807) is 9.42 Å². The van der Waals surface area contributed by atoms with Crippen molar-refractivity contribution in [2.45, 2.75) is 39.1 Å². The molecule has 3 aromatic rings. The van der Waals surface area contributed by atoms with Gasteiger partial charge in [0.15, 0.2) is 5.65 Å². The van der Waals surface area contributed by atoms with Crippen LogP contribution in [-0.2, 0) is 13.1 Å². The molecule has 0 bridgehead atoms. The van der Waals surface area contributed by atoms with Gasteiger partial charge in [0, 0.05) is 24.7 Å². The highest BCUT2D eigenvalue weighted by Crippen LogP contribution is 2.32. The first kappa shape index (κ1) is 20.2. The summed E-state index contributed by atoms with van der Waals surface area (Å²) in [5.74, 6) is -0.691. The Morgan fingerprint density at radius 1 is 1.32 bits per heavy atom. The topological polar surface area (TPSA) is 92.0 Å². The van der Waals surface area contributed by atoms with Gasteiger partial charge in [0.25, 0.3) is 5.91 Å². The summed E-state index contributed by atoms with van der Waals surface area (Å²) in [5, 5.41) is 18.2. The van der Waals surface area contributed by atoms with Crippen LogP contribution in [0.1, 0.15) is 33.0 Å². The van der Waals surface area contributed by atoms with Crippen molar-refractivity contribution < 1.29 is 19.0 Å². The van der Waals surface area contributed by atoms with Crippen molar-refractivity contribution in [1.29, 1.82) is 0 Å². The van der Waals surface area contributed by atoms with Crippen LogP contribution in [0.3, 0.4) is 0 Å². The Bertz CT molecular complexity index is 1210. The van der Waals surface area contributed by atoms with Gasteiger partial charge in [-0.05, 0) is 26.0 Å². The molecule has 2 atom stereocenters. The Labute approximate surface area is 182 Å². The van der Waals surface area contributed by atoms with Crippen molar-refractivity contribution in [3.8, 4) is 5.75 Å². The first-order valence-electron chi connectivity index (χ1n) is 10.0. The minimum Gasteiger partial charge on any atom is -0.485 e. The van der Waals surface area contributed by atoms with Gasteiger partial charge in [-0.15, -0.1) is 0 Å². The van der Waals surface area contributed by atoms with Crippen LogP contribution in [0.4, 0.5) is 4.39 Å². The molecule has 10 heteroatoms. The maximum atomic E-state index is 13.9. The van der Waals surface area contributed by atoms with E-state index < -0.39 is 18.0 Å². The fraction of sp³-hybridized carbons (Fsp3) is 0.381. The number of aliphatic hydroxyl groups excluding tert-OH is 1. The van der Waals surface area contributed by atoms with Gasteiger partial charge < -0.3 is 20.1 Å². The van der Waals surface area contributed by atoms with Gasteiger partial charge in [0.05, 0.1) is 40.8 Å². The number of carbonyl (C=O) groups excluding carboxylic acids is 1. The molecule has 0 saturated carbocycles. The number of β-amino-alcohol motifs (C(OH)–C–C–N with tert-alkyl or cyclic N) is 1. The molecule has 1 saturated heterocycles. The summed E-state index contributed by atoms with van der Waals surface area (Å²) in [4.78, 5) is 19.5. The zero-order chi connectivity index (χ0) is 21.9. The van der Waals surface area contributed by atoms with E-state index in [1.165, 1.54) is 18.2 Å². The molecular weight excluding hydrogens is 425 g/mol. The van der Waals surface area contributed by atoms with Crippen LogP contribution in [-0.4, -0.2) is 55.8 Å². The fourth-order valence-electron chi connectivity index (χ4n) is 4.12. The van der Waals surface area contributed by atoms with Gasteiger partial charge in [-0.1, -0.05) is 11.6 Å². The largest absolute Gasteiger partial charge is 0.485 e. The maximum absolute atomic E-state index is 13.9. The van der Waals surface area contributed by atoms with E-state index in [4.69, 9.17) is 16.3 Å². The Hall–Kier alpha value is -2.75. The van der Waals surface area contributed by atoms with Crippen molar-refractivity contribution >= 4 is 23.2 Å². The van der Waals surface area contributed by atoms with Gasteiger partial charge in [-0.25, -0.2) is 13.9 Å². The molecule has 0 unspecified atom stereocenters. The van der Waals surface area contributed by atoms with E-state index in [-0.39, 0.29) is 17.2 Å². The zero-order valence-electron chi connectivity index (χ0n) is 17.0. The molecule has 31 heavy (non-hydrogen) atoms. The lowest BCUT2D eigenvalue weighted by Gasteiger charge is -2.21. The number of aryl methyl sites for hydroxylation is 2. The van der Waals surface area contributed by atoms with Crippen LogP contribution in [0.2, 0.25) is 5.02 Å². The van der Waals surface area contributed by atoms with Gasteiger partial charge >= 0.3 is 0 Å². The van der Waals surface area contributed by atoms with Crippen molar-refractivity contribution in [3.05, 3.63) is 57.2 Å². The molecule has 2 aromatic heterocycles. The van der Waals surface area contributed by atoms with Gasteiger partial charge in [0.1, 0.15) is 23.8 Å². The normalized spacial score (nSPS) is 20.5. The summed E-state index contributed by atoms with van der Waals surface area (Å²) >= 11 is 6.29. The number of aliphatic hydroxyl groups is 1. The second kappa shape index (κ2) is 7.44. The number of carbonyl (C=O) groups is 1. The number of nitrogens with one attached hydrogen (secondary N) is 1. The lowest BCUT2D eigenvalue weighted by Crippen LogP contribution is -2.32. The molecule has 5 rings (SSSR count). The smallest absolute Gasteiger partial charge is 0.258 e. The maximum Gasteiger partial charge on any atom is 0.258 e. The number of benzene rings is 1. The monoisotopic (exact) mass is 445 g/mol. The minimum absolute atomic E-state index is 0.119. The summed E-state index contributed by atoms with van der Waals surface area (Å²) in [7, 11) is 0. The molecule has 2 aliphatic heterocycles. The van der Waals surface area contributed by atoms with E-state index in [0.717, 1.165) is 17.0 Å². The molecule has 0 spiro atoms. The molecule has 1 amide bonds. The van der Waals surface area contributed by atoms with Crippen molar-refractivity contribution in [3.63, 3.8) is 0 Å². The summed E-state index contributed by atoms with van der Waals surface area (Å²) < 4.78 is 21.4. The molecule has 8 nitrogen and oxygen atoms in total. The molecule has 0 aliphatic carbocycles. The lowest BCUT2D eigenvalue weighted by molar-refractivity contribution is 0.0666. The molecule has 162 valence electrons. The van der Waals surface area contributed by atoms with Crippen LogP contribution >= 0.6 is 11.6 Å². The quantitative estimate of drug-likeness (QED) is 0.640. The Kier molecular flexibility index (Phi) is 4.84. The first-order chi connectivity index (χ1) is 14.8. The SMILES string of the molecule is Cc1nc2c3c(nn2c(C)c1Cl)CN(C(=O)c1ccc(F)cc1O[C@H]1CNC[C@@H]1O)C3. The Morgan fingerprint density at radius 3 is 2.87 bits per heavy atom. The van der Waals surface area contributed by atoms with E-state index in [0.29, 0.717) is 42.5 Å². The number of rotatable bonds is 3. The molecule has 1 fully saturated rings. The molecule has 4 heterocycles. The highest BCUT2D eigenvalue weighted by molar-refractivity contribution is 6.31. The Morgan fingerprint density at radius 2 is 2.13 bits per heavy atom. The van der Waals surface area contributed by atoms with Crippen molar-refractivity contribution in [1.82, 2.24) is 24.8 Å². The Balaban J connectivity index is 1.44. The van der Waals surface area contributed by atoms with Crippen LogP contribution in [0.15, 0.2) is 18.2 Å². The third kappa shape index (κ3) is 3.33. The predicted octanol–water partition coefficient (Wildman–Crippen LogP) is 2.01. The molecule has 2 N–H and O–H groups in total. The second-order valence-electron chi connectivity index (χ2n) is 7.94. The average Bonchev–Trinajstić information content (AvgIpc) is 3.42. The van der Waals surface area contributed by atoms with Crippen molar-refractivity contribution in [2.24, 2.45) is 0 Å². The first-order valence-corrected chi connectivity index (χ1v) is 10.4. The van der Waals surface area contributed by atoms with E-state index in [9.17, 15) is 14.3 Å². The standard InChI is InChI=1S/C21H21ClFN5O3/c1-10-19(22)11(2)28-20(25-10)14-8-27(9-15(14)26-28)21(30)13-4-3-12(23)5-17(13)31-18-7-24-6-16(18)29/h3-5,16,18,24,29H,6-9H2,1-2H3/t16-,18-/m0/s1. The molecule has 0 radical (unpaired) electrons. The fourth-order valence-corrected chi connectivity index (χ4v) is 4.24. The van der Waals surface area contributed by atoms with Gasteiger partial charge in [0.2, 0.25) is 0 Å². The second-order valence-corrected chi connectivity index (χ2v) is 8.32. The summed E-state index contributed by atoms with van der Waals surface area (Å²) in [6.07, 6.45) is -1.27. The number of ether oxygens (including phenoxy) is 1. The van der Waals surface area contributed by atoms with Crippen LogP contribution in [0.25, 0.3) is 5.65 Å². The summed E-state index contributed by atoms with van der Waals surface area (Å²) in [6.45, 7) is 5.16. The lowest BCUT2D eigenvalue weighted by atomic mass is 10.1. The summed E-state index contributed by atoms with van der Waals surface area (Å²) in [5.41, 5.74) is 4.06.